The number of nitrogens with zero attached hydrogens (tertiary/aromatic N) is 4. The van der Waals surface area contributed by atoms with Crippen LogP contribution in [0, 0.1) is 0 Å². The minimum atomic E-state index is 0.0776. The van der Waals surface area contributed by atoms with Crippen molar-refractivity contribution >= 4 is 17.3 Å². The number of hydrogen-bond acceptors (Lipinski definition) is 5. The highest BCUT2D eigenvalue weighted by Gasteiger charge is 2.24. The van der Waals surface area contributed by atoms with Crippen LogP contribution >= 0.6 is 0 Å². The van der Waals surface area contributed by atoms with Gasteiger partial charge in [-0.2, -0.15) is 0 Å². The van der Waals surface area contributed by atoms with Crippen LogP contribution in [-0.4, -0.2) is 62.2 Å². The van der Waals surface area contributed by atoms with E-state index in [1.807, 2.05) is 35.4 Å². The summed E-state index contributed by atoms with van der Waals surface area (Å²) in [5, 5.41) is 0. The number of anilines is 2. The first-order valence-electron chi connectivity index (χ1n) is 10.6. The smallest absolute Gasteiger partial charge is 0.255 e. The summed E-state index contributed by atoms with van der Waals surface area (Å²) in [7, 11) is 1.70. The van der Waals surface area contributed by atoms with Crippen LogP contribution in [0.4, 0.5) is 11.4 Å². The molecule has 0 saturated carbocycles. The average Bonchev–Trinajstić information content (AvgIpc) is 3.08. The van der Waals surface area contributed by atoms with Crippen molar-refractivity contribution in [2.45, 2.75) is 25.7 Å². The number of carbonyl (C=O) groups excluding carboxylic acids is 1. The monoisotopic (exact) mass is 394 g/mol. The van der Waals surface area contributed by atoms with E-state index < -0.39 is 0 Å². The second kappa shape index (κ2) is 9.16. The molecule has 0 atom stereocenters. The van der Waals surface area contributed by atoms with E-state index in [2.05, 4.69) is 20.9 Å². The molecule has 2 fully saturated rings. The Hall–Kier alpha value is -2.76. The van der Waals surface area contributed by atoms with E-state index in [1.54, 1.807) is 13.3 Å². The number of methoxy groups -OCH3 is 1. The van der Waals surface area contributed by atoms with Crippen LogP contribution in [0.3, 0.4) is 0 Å². The van der Waals surface area contributed by atoms with Gasteiger partial charge in [0.1, 0.15) is 5.75 Å². The summed E-state index contributed by atoms with van der Waals surface area (Å²) in [4.78, 5) is 24.1. The molecule has 1 aromatic heterocycles. The zero-order chi connectivity index (χ0) is 20.1. The molecule has 154 valence electrons. The first-order valence-corrected chi connectivity index (χ1v) is 10.6. The fraction of sp³-hybridized carbons (Fsp3) is 0.478. The molecule has 2 aromatic rings. The number of pyridine rings is 1. The molecule has 3 heterocycles. The van der Waals surface area contributed by atoms with Crippen LogP contribution in [0.15, 0.2) is 42.7 Å². The molecular formula is C23H30N4O2. The molecule has 2 saturated heterocycles. The van der Waals surface area contributed by atoms with Crippen molar-refractivity contribution in [3.05, 3.63) is 48.3 Å². The number of rotatable bonds is 4. The summed E-state index contributed by atoms with van der Waals surface area (Å²) in [6.45, 7) is 5.10. The van der Waals surface area contributed by atoms with E-state index in [9.17, 15) is 4.79 Å². The normalized spacial score (nSPS) is 17.8. The second-order valence-corrected chi connectivity index (χ2v) is 7.78. The predicted molar refractivity (Wildman–Crippen MR) is 116 cm³/mol. The number of ether oxygens (including phenoxy) is 1. The molecule has 0 radical (unpaired) electrons. The molecule has 0 aliphatic carbocycles. The molecule has 2 aliphatic heterocycles. The Balaban J connectivity index is 1.41. The molecule has 1 aromatic carbocycles. The van der Waals surface area contributed by atoms with Crippen LogP contribution in [0.1, 0.15) is 36.0 Å². The fourth-order valence-corrected chi connectivity index (χ4v) is 4.27. The van der Waals surface area contributed by atoms with Gasteiger partial charge in [-0.05, 0) is 31.0 Å². The summed E-state index contributed by atoms with van der Waals surface area (Å²) in [6, 6.07) is 10.1. The van der Waals surface area contributed by atoms with E-state index in [-0.39, 0.29) is 5.91 Å². The SMILES string of the molecule is COc1ccccc1N1CCN(C(=O)c2cncc(N3CCCCCC3)c2)CC1. The Kier molecular flexibility index (Phi) is 6.17. The molecule has 0 spiro atoms. The largest absolute Gasteiger partial charge is 0.495 e. The van der Waals surface area contributed by atoms with Gasteiger partial charge in [-0.15, -0.1) is 0 Å². The Morgan fingerprint density at radius 1 is 0.897 bits per heavy atom. The quantitative estimate of drug-likeness (QED) is 0.795. The highest BCUT2D eigenvalue weighted by atomic mass is 16.5. The standard InChI is InChI=1S/C23H30N4O2/c1-29-22-9-5-4-8-21(22)26-12-14-27(15-13-26)23(28)19-16-20(18-24-17-19)25-10-6-2-3-7-11-25/h4-5,8-9,16-18H,2-3,6-7,10-15H2,1H3. The average molecular weight is 395 g/mol. The Morgan fingerprint density at radius 3 is 2.34 bits per heavy atom. The van der Waals surface area contributed by atoms with Crippen molar-refractivity contribution in [1.29, 1.82) is 0 Å². The van der Waals surface area contributed by atoms with Gasteiger partial charge >= 0.3 is 0 Å². The van der Waals surface area contributed by atoms with Crippen molar-refractivity contribution in [1.82, 2.24) is 9.88 Å². The summed E-state index contributed by atoms with van der Waals surface area (Å²) in [5.74, 6) is 0.954. The lowest BCUT2D eigenvalue weighted by atomic mass is 10.2. The first-order chi connectivity index (χ1) is 14.3. The third-order valence-electron chi connectivity index (χ3n) is 5.93. The highest BCUT2D eigenvalue weighted by Crippen LogP contribution is 2.28. The van der Waals surface area contributed by atoms with Gasteiger partial charge < -0.3 is 19.4 Å². The van der Waals surface area contributed by atoms with Crippen molar-refractivity contribution in [3.63, 3.8) is 0 Å². The first kappa shape index (κ1) is 19.6. The van der Waals surface area contributed by atoms with Crippen LogP contribution < -0.4 is 14.5 Å². The molecule has 6 heteroatoms. The number of benzene rings is 1. The molecule has 0 unspecified atom stereocenters. The lowest BCUT2D eigenvalue weighted by Crippen LogP contribution is -2.49. The Morgan fingerprint density at radius 2 is 1.62 bits per heavy atom. The maximum Gasteiger partial charge on any atom is 0.255 e. The minimum Gasteiger partial charge on any atom is -0.495 e. The summed E-state index contributed by atoms with van der Waals surface area (Å²) >= 11 is 0. The molecule has 1 amide bonds. The molecule has 29 heavy (non-hydrogen) atoms. The van der Waals surface area contributed by atoms with Gasteiger partial charge in [0, 0.05) is 45.5 Å². The lowest BCUT2D eigenvalue weighted by Gasteiger charge is -2.36. The van der Waals surface area contributed by atoms with E-state index in [1.165, 1.54) is 25.7 Å². The van der Waals surface area contributed by atoms with E-state index in [4.69, 9.17) is 4.74 Å². The number of carbonyl (C=O) groups is 1. The predicted octanol–water partition coefficient (Wildman–Crippen LogP) is 3.43. The zero-order valence-electron chi connectivity index (χ0n) is 17.2. The van der Waals surface area contributed by atoms with E-state index >= 15 is 0 Å². The molecular weight excluding hydrogens is 364 g/mol. The maximum absolute atomic E-state index is 13.1. The van der Waals surface area contributed by atoms with Gasteiger partial charge in [0.2, 0.25) is 0 Å². The summed E-state index contributed by atoms with van der Waals surface area (Å²) in [5.41, 5.74) is 2.86. The minimum absolute atomic E-state index is 0.0776. The number of aromatic nitrogens is 1. The summed E-state index contributed by atoms with van der Waals surface area (Å²) < 4.78 is 5.49. The van der Waals surface area contributed by atoms with E-state index in [0.29, 0.717) is 18.7 Å². The number of hydrogen-bond donors (Lipinski definition) is 0. The molecule has 0 bridgehead atoms. The van der Waals surface area contributed by atoms with Crippen molar-refractivity contribution in [3.8, 4) is 5.75 Å². The molecule has 2 aliphatic rings. The molecule has 0 N–H and O–H groups in total. The van der Waals surface area contributed by atoms with Crippen LogP contribution in [0.5, 0.6) is 5.75 Å². The fourth-order valence-electron chi connectivity index (χ4n) is 4.27. The van der Waals surface area contributed by atoms with Gasteiger partial charge in [-0.25, -0.2) is 0 Å². The lowest BCUT2D eigenvalue weighted by molar-refractivity contribution is 0.0746. The Bertz CT molecular complexity index is 825. The number of piperazine rings is 1. The summed E-state index contributed by atoms with van der Waals surface area (Å²) in [6.07, 6.45) is 8.60. The second-order valence-electron chi connectivity index (χ2n) is 7.78. The number of para-hydroxylation sites is 2. The van der Waals surface area contributed by atoms with E-state index in [0.717, 1.165) is 43.3 Å². The number of amides is 1. The van der Waals surface area contributed by atoms with Crippen molar-refractivity contribution in [2.24, 2.45) is 0 Å². The Labute approximate surface area is 173 Å². The zero-order valence-corrected chi connectivity index (χ0v) is 17.2. The van der Waals surface area contributed by atoms with Gasteiger partial charge in [-0.1, -0.05) is 25.0 Å². The third-order valence-corrected chi connectivity index (χ3v) is 5.93. The molecule has 6 nitrogen and oxygen atoms in total. The van der Waals surface area contributed by atoms with Gasteiger partial charge in [-0.3, -0.25) is 9.78 Å². The van der Waals surface area contributed by atoms with Crippen LogP contribution in [0.2, 0.25) is 0 Å². The van der Waals surface area contributed by atoms with Gasteiger partial charge in [0.25, 0.3) is 5.91 Å². The van der Waals surface area contributed by atoms with Gasteiger partial charge in [0.05, 0.1) is 30.2 Å². The topological polar surface area (TPSA) is 48.9 Å². The molecule has 4 rings (SSSR count). The van der Waals surface area contributed by atoms with Crippen molar-refractivity contribution < 1.29 is 9.53 Å². The van der Waals surface area contributed by atoms with Crippen LogP contribution in [-0.2, 0) is 0 Å². The third kappa shape index (κ3) is 4.47. The van der Waals surface area contributed by atoms with Crippen LogP contribution in [0.25, 0.3) is 0 Å². The van der Waals surface area contributed by atoms with Gasteiger partial charge in [0.15, 0.2) is 0 Å². The maximum atomic E-state index is 13.1. The van der Waals surface area contributed by atoms with Crippen molar-refractivity contribution in [2.75, 3.05) is 56.2 Å². The highest BCUT2D eigenvalue weighted by molar-refractivity contribution is 5.95.